The Bertz CT molecular complexity index is 592. The number of amides is 2. The van der Waals surface area contributed by atoms with Crippen molar-refractivity contribution in [2.24, 2.45) is 0 Å². The molecule has 0 radical (unpaired) electrons. The molecule has 1 aromatic carbocycles. The zero-order chi connectivity index (χ0) is 16.7. The van der Waals surface area contributed by atoms with Crippen molar-refractivity contribution in [1.82, 2.24) is 9.80 Å². The first-order valence-electron chi connectivity index (χ1n) is 7.69. The number of nitrogens with zero attached hydrogens (tertiary/aromatic N) is 3. The van der Waals surface area contributed by atoms with Crippen LogP contribution in [0.1, 0.15) is 18.4 Å². The molecule has 1 aromatic rings. The van der Waals surface area contributed by atoms with Gasteiger partial charge in [-0.05, 0) is 24.1 Å². The highest BCUT2D eigenvalue weighted by atomic mass is 16.5. The Morgan fingerprint density at radius 1 is 1.09 bits per heavy atom. The molecule has 6 heteroatoms. The molecule has 0 N–H and O–H groups in total. The van der Waals surface area contributed by atoms with Crippen LogP contribution >= 0.6 is 0 Å². The molecule has 1 aliphatic rings. The molecule has 0 aromatic heterocycles. The summed E-state index contributed by atoms with van der Waals surface area (Å²) < 4.78 is 5.11. The van der Waals surface area contributed by atoms with Crippen LogP contribution in [-0.4, -0.2) is 54.9 Å². The molecule has 0 saturated carbocycles. The lowest BCUT2D eigenvalue weighted by atomic mass is 10.1. The Hall–Kier alpha value is -2.55. The lowest BCUT2D eigenvalue weighted by Gasteiger charge is -2.21. The summed E-state index contributed by atoms with van der Waals surface area (Å²) in [5.41, 5.74) is 0.942. The SMILES string of the molecule is COc1ccc(CC(=O)N2CCCN(C(=O)CC#N)CC2)cc1. The molecule has 2 rings (SSSR count). The monoisotopic (exact) mass is 315 g/mol. The number of hydrogen-bond acceptors (Lipinski definition) is 4. The molecule has 0 bridgehead atoms. The fourth-order valence-corrected chi connectivity index (χ4v) is 2.63. The number of methoxy groups -OCH3 is 1. The summed E-state index contributed by atoms with van der Waals surface area (Å²) in [5.74, 6) is 0.671. The van der Waals surface area contributed by atoms with E-state index in [-0.39, 0.29) is 18.2 Å². The molecular formula is C17H21N3O3. The normalized spacial score (nSPS) is 14.8. The van der Waals surface area contributed by atoms with Gasteiger partial charge in [0.25, 0.3) is 0 Å². The van der Waals surface area contributed by atoms with Crippen molar-refractivity contribution < 1.29 is 14.3 Å². The summed E-state index contributed by atoms with van der Waals surface area (Å²) in [6.45, 7) is 2.26. The first-order chi connectivity index (χ1) is 11.1. The lowest BCUT2D eigenvalue weighted by molar-refractivity contribution is -0.132. The number of ether oxygens (including phenoxy) is 1. The molecule has 1 heterocycles. The van der Waals surface area contributed by atoms with Crippen molar-refractivity contribution in [3.63, 3.8) is 0 Å². The van der Waals surface area contributed by atoms with Gasteiger partial charge in [-0.2, -0.15) is 5.26 Å². The van der Waals surface area contributed by atoms with Crippen LogP contribution in [0.25, 0.3) is 0 Å². The minimum absolute atomic E-state index is 0.0600. The van der Waals surface area contributed by atoms with Gasteiger partial charge in [0.15, 0.2) is 0 Å². The number of carbonyl (C=O) groups excluding carboxylic acids is 2. The van der Waals surface area contributed by atoms with Crippen molar-refractivity contribution >= 4 is 11.8 Å². The van der Waals surface area contributed by atoms with Crippen molar-refractivity contribution in [3.8, 4) is 11.8 Å². The fourth-order valence-electron chi connectivity index (χ4n) is 2.63. The Balaban J connectivity index is 1.90. The number of hydrogen-bond donors (Lipinski definition) is 0. The molecule has 0 atom stereocenters. The van der Waals surface area contributed by atoms with Crippen LogP contribution < -0.4 is 4.74 Å². The Morgan fingerprint density at radius 3 is 2.26 bits per heavy atom. The maximum Gasteiger partial charge on any atom is 0.236 e. The van der Waals surface area contributed by atoms with E-state index in [1.807, 2.05) is 30.3 Å². The molecule has 1 aliphatic heterocycles. The van der Waals surface area contributed by atoms with E-state index in [1.165, 1.54) is 0 Å². The zero-order valence-corrected chi connectivity index (χ0v) is 13.3. The lowest BCUT2D eigenvalue weighted by Crippen LogP contribution is -2.37. The van der Waals surface area contributed by atoms with Crippen LogP contribution in [0.3, 0.4) is 0 Å². The minimum Gasteiger partial charge on any atom is -0.497 e. The minimum atomic E-state index is -0.156. The second-order valence-electron chi connectivity index (χ2n) is 5.47. The smallest absolute Gasteiger partial charge is 0.236 e. The Kier molecular flexibility index (Phi) is 5.98. The van der Waals surface area contributed by atoms with Crippen LogP contribution in [0.15, 0.2) is 24.3 Å². The van der Waals surface area contributed by atoms with Crippen LogP contribution in [0, 0.1) is 11.3 Å². The van der Waals surface area contributed by atoms with Crippen molar-refractivity contribution in [3.05, 3.63) is 29.8 Å². The summed E-state index contributed by atoms with van der Waals surface area (Å²) in [7, 11) is 1.61. The van der Waals surface area contributed by atoms with Gasteiger partial charge in [0.2, 0.25) is 11.8 Å². The average molecular weight is 315 g/mol. The number of nitriles is 1. The van der Waals surface area contributed by atoms with Crippen LogP contribution in [0.4, 0.5) is 0 Å². The maximum atomic E-state index is 12.4. The van der Waals surface area contributed by atoms with Gasteiger partial charge >= 0.3 is 0 Å². The molecule has 122 valence electrons. The van der Waals surface area contributed by atoms with Crippen LogP contribution in [0.2, 0.25) is 0 Å². The number of carbonyl (C=O) groups is 2. The second kappa shape index (κ2) is 8.18. The van der Waals surface area contributed by atoms with Crippen molar-refractivity contribution in [2.75, 3.05) is 33.3 Å². The van der Waals surface area contributed by atoms with Gasteiger partial charge in [-0.1, -0.05) is 12.1 Å². The van der Waals surface area contributed by atoms with Gasteiger partial charge in [0.05, 0.1) is 19.6 Å². The Morgan fingerprint density at radius 2 is 1.70 bits per heavy atom. The highest BCUT2D eigenvalue weighted by Gasteiger charge is 2.21. The highest BCUT2D eigenvalue weighted by Crippen LogP contribution is 2.13. The predicted octanol–water partition coefficient (Wildman–Crippen LogP) is 1.21. The Labute approximate surface area is 136 Å². The summed E-state index contributed by atoms with van der Waals surface area (Å²) in [5, 5.41) is 8.61. The topological polar surface area (TPSA) is 73.6 Å². The molecule has 23 heavy (non-hydrogen) atoms. The standard InChI is InChI=1S/C17H21N3O3/c1-23-15-5-3-14(4-6-15)13-17(22)20-10-2-9-19(11-12-20)16(21)7-8-18/h3-6H,2,7,9-13H2,1H3. The van der Waals surface area contributed by atoms with Gasteiger partial charge in [-0.25, -0.2) is 0 Å². The zero-order valence-electron chi connectivity index (χ0n) is 13.3. The second-order valence-corrected chi connectivity index (χ2v) is 5.47. The van der Waals surface area contributed by atoms with E-state index in [4.69, 9.17) is 10.00 Å². The first kappa shape index (κ1) is 16.8. The average Bonchev–Trinajstić information content (AvgIpc) is 2.82. The summed E-state index contributed by atoms with van der Waals surface area (Å²) >= 11 is 0. The summed E-state index contributed by atoms with van der Waals surface area (Å²) in [4.78, 5) is 27.6. The van der Waals surface area contributed by atoms with Crippen LogP contribution in [-0.2, 0) is 16.0 Å². The van der Waals surface area contributed by atoms with Crippen LogP contribution in [0.5, 0.6) is 5.75 Å². The van der Waals surface area contributed by atoms with Crippen molar-refractivity contribution in [1.29, 1.82) is 5.26 Å². The quantitative estimate of drug-likeness (QED) is 0.837. The number of benzene rings is 1. The van der Waals surface area contributed by atoms with Crippen molar-refractivity contribution in [2.45, 2.75) is 19.3 Å². The largest absolute Gasteiger partial charge is 0.497 e. The van der Waals surface area contributed by atoms with Gasteiger partial charge in [-0.15, -0.1) is 0 Å². The fraction of sp³-hybridized carbons (Fsp3) is 0.471. The van der Waals surface area contributed by atoms with Gasteiger partial charge < -0.3 is 14.5 Å². The van der Waals surface area contributed by atoms with Gasteiger partial charge in [-0.3, -0.25) is 9.59 Å². The molecule has 1 saturated heterocycles. The molecule has 0 unspecified atom stereocenters. The van der Waals surface area contributed by atoms with E-state index in [9.17, 15) is 9.59 Å². The molecule has 1 fully saturated rings. The third-order valence-corrected chi connectivity index (χ3v) is 3.95. The van der Waals surface area contributed by atoms with E-state index in [1.54, 1.807) is 16.9 Å². The molecule has 0 aliphatic carbocycles. The summed E-state index contributed by atoms with van der Waals surface area (Å²) in [6, 6.07) is 9.33. The molecule has 2 amide bonds. The summed E-state index contributed by atoms with van der Waals surface area (Å²) in [6.07, 6.45) is 0.988. The van der Waals surface area contributed by atoms with Gasteiger partial charge in [0, 0.05) is 26.2 Å². The highest BCUT2D eigenvalue weighted by molar-refractivity contribution is 5.80. The third kappa shape index (κ3) is 4.71. The number of rotatable bonds is 4. The predicted molar refractivity (Wildman–Crippen MR) is 84.7 cm³/mol. The third-order valence-electron chi connectivity index (χ3n) is 3.95. The maximum absolute atomic E-state index is 12.4. The molecule has 0 spiro atoms. The van der Waals surface area contributed by atoms with E-state index < -0.39 is 0 Å². The van der Waals surface area contributed by atoms with E-state index >= 15 is 0 Å². The first-order valence-corrected chi connectivity index (χ1v) is 7.69. The van der Waals surface area contributed by atoms with Gasteiger partial charge in [0.1, 0.15) is 12.2 Å². The van der Waals surface area contributed by atoms with E-state index in [0.717, 1.165) is 17.7 Å². The molecule has 6 nitrogen and oxygen atoms in total. The van der Waals surface area contributed by atoms with E-state index in [2.05, 4.69) is 0 Å². The molecular weight excluding hydrogens is 294 g/mol. The van der Waals surface area contributed by atoms with E-state index in [0.29, 0.717) is 32.6 Å².